The Balaban J connectivity index is 0.00000248. The molecular formula is C35H48N4O2S2. The van der Waals surface area contributed by atoms with Crippen molar-refractivity contribution in [3.05, 3.63) is 80.7 Å². The molecule has 8 heteroatoms. The number of aliphatic hydroxyl groups is 1. The number of benzene rings is 1. The Bertz CT molecular complexity index is 1420. The second-order valence-corrected chi connectivity index (χ2v) is 14.2. The lowest BCUT2D eigenvalue weighted by Gasteiger charge is -2.25. The first-order chi connectivity index (χ1) is 20.5. The van der Waals surface area contributed by atoms with E-state index in [1.165, 1.54) is 22.5 Å². The van der Waals surface area contributed by atoms with Crippen LogP contribution in [0.5, 0.6) is 0 Å². The van der Waals surface area contributed by atoms with Gasteiger partial charge in [-0.2, -0.15) is 11.8 Å². The summed E-state index contributed by atoms with van der Waals surface area (Å²) in [4.78, 5) is 27.2. The molecule has 4 rings (SSSR count). The Hall–Kier alpha value is -2.81. The van der Waals surface area contributed by atoms with Gasteiger partial charge in [-0.25, -0.2) is 15.0 Å². The summed E-state index contributed by atoms with van der Waals surface area (Å²) in [6, 6.07) is 7.35. The van der Waals surface area contributed by atoms with Gasteiger partial charge < -0.3 is 10.4 Å². The van der Waals surface area contributed by atoms with Crippen LogP contribution in [-0.4, -0.2) is 44.1 Å². The van der Waals surface area contributed by atoms with Gasteiger partial charge in [0.2, 0.25) is 0 Å². The van der Waals surface area contributed by atoms with E-state index in [4.69, 9.17) is 0 Å². The van der Waals surface area contributed by atoms with Crippen LogP contribution in [0.1, 0.15) is 99.4 Å². The zero-order valence-corrected chi connectivity index (χ0v) is 28.8. The quantitative estimate of drug-likeness (QED) is 0.250. The number of amides is 1. The first-order valence-corrected chi connectivity index (χ1v) is 17.3. The van der Waals surface area contributed by atoms with E-state index in [0.717, 1.165) is 51.0 Å². The average molecular weight is 621 g/mol. The maximum absolute atomic E-state index is 12.9. The van der Waals surface area contributed by atoms with Gasteiger partial charge in [-0.1, -0.05) is 85.7 Å². The van der Waals surface area contributed by atoms with E-state index in [1.807, 2.05) is 49.9 Å². The number of rotatable bonds is 9. The topological polar surface area (TPSA) is 88.0 Å². The highest BCUT2D eigenvalue weighted by molar-refractivity contribution is 7.99. The summed E-state index contributed by atoms with van der Waals surface area (Å²) in [7, 11) is 0. The normalized spacial score (nSPS) is 15.3. The fourth-order valence-electron chi connectivity index (χ4n) is 4.78. The van der Waals surface area contributed by atoms with Crippen molar-refractivity contribution in [2.24, 2.45) is 11.8 Å². The number of aliphatic hydroxyl groups excluding tert-OH is 1. The summed E-state index contributed by atoms with van der Waals surface area (Å²) in [6.07, 6.45) is 8.99. The van der Waals surface area contributed by atoms with Crippen LogP contribution in [-0.2, 0) is 5.41 Å². The number of carbonyl (C=O) groups excluding carboxylic acids is 1. The summed E-state index contributed by atoms with van der Waals surface area (Å²) in [5.74, 6) is 2.95. The minimum absolute atomic E-state index is 0.120. The molecule has 3 heterocycles. The fourth-order valence-corrected chi connectivity index (χ4v) is 6.50. The zero-order chi connectivity index (χ0) is 31.7. The Morgan fingerprint density at radius 1 is 1.09 bits per heavy atom. The van der Waals surface area contributed by atoms with Gasteiger partial charge in [0.05, 0.1) is 35.2 Å². The Morgan fingerprint density at radius 2 is 1.79 bits per heavy atom. The van der Waals surface area contributed by atoms with Gasteiger partial charge in [-0.15, -0.1) is 11.3 Å². The van der Waals surface area contributed by atoms with Crippen LogP contribution >= 0.6 is 23.1 Å². The zero-order valence-electron chi connectivity index (χ0n) is 27.2. The number of carbonyl (C=O) groups is 1. The van der Waals surface area contributed by atoms with Gasteiger partial charge in [0, 0.05) is 22.3 Å². The van der Waals surface area contributed by atoms with Crippen LogP contribution in [0.3, 0.4) is 0 Å². The van der Waals surface area contributed by atoms with Crippen molar-refractivity contribution in [2.75, 3.05) is 18.1 Å². The molecule has 1 aromatic carbocycles. The van der Waals surface area contributed by atoms with E-state index >= 15 is 0 Å². The molecule has 1 aliphatic rings. The molecule has 2 aromatic heterocycles. The first kappa shape index (κ1) is 34.7. The van der Waals surface area contributed by atoms with Crippen molar-refractivity contribution in [1.82, 2.24) is 20.3 Å². The first-order valence-electron chi connectivity index (χ1n) is 15.3. The smallest absolute Gasteiger partial charge is 0.263 e. The van der Waals surface area contributed by atoms with Crippen molar-refractivity contribution >= 4 is 35.1 Å². The second kappa shape index (κ2) is 15.8. The molecule has 1 amide bonds. The minimum Gasteiger partial charge on any atom is -0.394 e. The number of hydrogen-bond donors (Lipinski definition) is 2. The van der Waals surface area contributed by atoms with Gasteiger partial charge in [0.15, 0.2) is 0 Å². The van der Waals surface area contributed by atoms with E-state index in [0.29, 0.717) is 16.7 Å². The molecule has 0 radical (unpaired) electrons. The molecule has 3 aromatic rings. The van der Waals surface area contributed by atoms with E-state index < -0.39 is 6.04 Å². The summed E-state index contributed by atoms with van der Waals surface area (Å²) in [5.41, 5.74) is 7.35. The summed E-state index contributed by atoms with van der Waals surface area (Å²) in [5, 5.41) is 14.0. The molecule has 2 N–H and O–H groups in total. The minimum atomic E-state index is -0.524. The van der Waals surface area contributed by atoms with Crippen LogP contribution in [0.4, 0.5) is 0 Å². The van der Waals surface area contributed by atoms with Crippen LogP contribution in [0.15, 0.2) is 54.0 Å². The standard InChI is InChI=1S/C33H42N4O2S2.C2H6/c1-20(2)21(3)26(23-12-14-40-15-13-23)16-27-22(4)30(36-19-35-27)25-10-8-24(9-11-25)28(18-38)37-31(39)29-17-34-32(41-29)33(5,6)7;1-2/h8-12,16-17,19-21,28,38H,13-15,18H2,1-7H3,(H,37,39);1-2H3/b26-16+;. The molecule has 43 heavy (non-hydrogen) atoms. The molecule has 0 bridgehead atoms. The molecule has 232 valence electrons. The summed E-state index contributed by atoms with van der Waals surface area (Å²) in [6.45, 7) is 19.0. The molecular weight excluding hydrogens is 573 g/mol. The van der Waals surface area contributed by atoms with E-state index in [-0.39, 0.29) is 17.9 Å². The van der Waals surface area contributed by atoms with Crippen molar-refractivity contribution in [3.8, 4) is 11.3 Å². The van der Waals surface area contributed by atoms with Crippen molar-refractivity contribution in [2.45, 2.75) is 80.2 Å². The number of thioether (sulfide) groups is 1. The molecule has 1 aliphatic heterocycles. The van der Waals surface area contributed by atoms with Gasteiger partial charge in [-0.3, -0.25) is 4.79 Å². The number of thiazole rings is 1. The van der Waals surface area contributed by atoms with Crippen LogP contribution < -0.4 is 5.32 Å². The maximum atomic E-state index is 12.9. The molecule has 0 saturated heterocycles. The number of nitrogens with one attached hydrogen (secondary N) is 1. The van der Waals surface area contributed by atoms with Crippen molar-refractivity contribution in [3.63, 3.8) is 0 Å². The molecule has 0 fully saturated rings. The molecule has 0 spiro atoms. The second-order valence-electron chi connectivity index (χ2n) is 12.0. The van der Waals surface area contributed by atoms with Crippen LogP contribution in [0.2, 0.25) is 0 Å². The van der Waals surface area contributed by atoms with Gasteiger partial charge >= 0.3 is 0 Å². The van der Waals surface area contributed by atoms with Crippen molar-refractivity contribution < 1.29 is 9.90 Å². The molecule has 2 unspecified atom stereocenters. The van der Waals surface area contributed by atoms with Gasteiger partial charge in [0.25, 0.3) is 5.91 Å². The number of hydrogen-bond acceptors (Lipinski definition) is 7. The lowest BCUT2D eigenvalue weighted by Crippen LogP contribution is -2.30. The molecule has 2 atom stereocenters. The average Bonchev–Trinajstić information content (AvgIpc) is 3.52. The van der Waals surface area contributed by atoms with Crippen LogP contribution in [0, 0.1) is 18.8 Å². The van der Waals surface area contributed by atoms with Gasteiger partial charge in [0.1, 0.15) is 11.2 Å². The predicted molar refractivity (Wildman–Crippen MR) is 184 cm³/mol. The molecule has 0 saturated carbocycles. The van der Waals surface area contributed by atoms with E-state index in [2.05, 4.69) is 80.9 Å². The monoisotopic (exact) mass is 620 g/mol. The highest BCUT2D eigenvalue weighted by atomic mass is 32.2. The Morgan fingerprint density at radius 3 is 2.35 bits per heavy atom. The highest BCUT2D eigenvalue weighted by Gasteiger charge is 2.23. The number of allylic oxidation sites excluding steroid dienone is 2. The predicted octanol–water partition coefficient (Wildman–Crippen LogP) is 8.43. The third-order valence-electron chi connectivity index (χ3n) is 7.69. The lowest BCUT2D eigenvalue weighted by molar-refractivity contribution is 0.0920. The fraction of sp³-hybridized carbons (Fsp3) is 0.486. The third kappa shape index (κ3) is 8.87. The summed E-state index contributed by atoms with van der Waals surface area (Å²) >= 11 is 3.37. The number of aromatic nitrogens is 3. The van der Waals surface area contributed by atoms with Crippen LogP contribution in [0.25, 0.3) is 17.3 Å². The number of nitrogens with zero attached hydrogens (tertiary/aromatic N) is 3. The third-order valence-corrected chi connectivity index (χ3v) is 10.0. The Labute approximate surface area is 266 Å². The van der Waals surface area contributed by atoms with Crippen molar-refractivity contribution in [1.29, 1.82) is 0 Å². The highest BCUT2D eigenvalue weighted by Crippen LogP contribution is 2.34. The molecule has 0 aliphatic carbocycles. The SMILES string of the molecule is CC.Cc1c(/C=C(/C2=CCSCC2)C(C)C(C)C)ncnc1-c1ccc(C(CO)NC(=O)c2cnc(C(C)(C)C)s2)cc1. The maximum Gasteiger partial charge on any atom is 0.263 e. The summed E-state index contributed by atoms with van der Waals surface area (Å²) < 4.78 is 0. The van der Waals surface area contributed by atoms with E-state index in [9.17, 15) is 9.90 Å². The lowest BCUT2D eigenvalue weighted by atomic mass is 9.83. The van der Waals surface area contributed by atoms with Gasteiger partial charge in [-0.05, 0) is 53.7 Å². The largest absolute Gasteiger partial charge is 0.394 e. The molecule has 6 nitrogen and oxygen atoms in total. The van der Waals surface area contributed by atoms with E-state index in [1.54, 1.807) is 12.5 Å². The Kier molecular flexibility index (Phi) is 12.7.